The van der Waals surface area contributed by atoms with Crippen molar-refractivity contribution < 1.29 is 23.1 Å². The highest BCUT2D eigenvalue weighted by Gasteiger charge is 2.32. The van der Waals surface area contributed by atoms with Crippen LogP contribution in [0.5, 0.6) is 0 Å². The molecule has 1 saturated heterocycles. The summed E-state index contributed by atoms with van der Waals surface area (Å²) < 4.78 is 36.4. The van der Waals surface area contributed by atoms with E-state index in [9.17, 15) is 23.1 Å². The number of carbonyl (C=O) groups is 1. The van der Waals surface area contributed by atoms with E-state index in [4.69, 9.17) is 0 Å². The monoisotopic (exact) mass is 339 g/mol. The van der Waals surface area contributed by atoms with Crippen LogP contribution in [0.1, 0.15) is 27.7 Å². The number of amides is 1. The van der Waals surface area contributed by atoms with E-state index in [1.165, 1.54) is 0 Å². The van der Waals surface area contributed by atoms with E-state index in [1.807, 2.05) is 31.0 Å². The van der Waals surface area contributed by atoms with Gasteiger partial charge in [-0.1, -0.05) is 20.8 Å². The van der Waals surface area contributed by atoms with E-state index in [-0.39, 0.29) is 5.41 Å². The number of hydrogen-bond acceptors (Lipinski definition) is 4. The molecule has 0 bridgehead atoms. The maximum absolute atomic E-state index is 12.1. The first-order valence-corrected chi connectivity index (χ1v) is 7.89. The lowest BCUT2D eigenvalue weighted by Crippen LogP contribution is -2.56. The van der Waals surface area contributed by atoms with Crippen LogP contribution in [0.15, 0.2) is 0 Å². The fraction of sp³-hybridized carbons (Fsp3) is 0.933. The van der Waals surface area contributed by atoms with Crippen molar-refractivity contribution in [1.82, 2.24) is 15.1 Å². The Morgan fingerprint density at radius 1 is 1.17 bits per heavy atom. The first kappa shape index (κ1) is 20.2. The second kappa shape index (κ2) is 7.81. The van der Waals surface area contributed by atoms with E-state index in [2.05, 4.69) is 4.90 Å². The average molecular weight is 339 g/mol. The third-order valence-electron chi connectivity index (χ3n) is 4.23. The number of rotatable bonds is 5. The smallest absolute Gasteiger partial charge is 0.391 e. The van der Waals surface area contributed by atoms with Crippen LogP contribution in [0, 0.1) is 5.41 Å². The Kier molecular flexibility index (Phi) is 6.85. The van der Waals surface area contributed by atoms with Gasteiger partial charge in [0.15, 0.2) is 0 Å². The number of carbonyl (C=O) groups excluding carboxylic acids is 1. The molecule has 2 N–H and O–H groups in total. The molecule has 0 aromatic carbocycles. The Hall–Kier alpha value is -0.860. The molecular formula is C15H28F3N3O2. The number of nitrogens with zero attached hydrogens (tertiary/aromatic N) is 2. The molecule has 0 aromatic heterocycles. The van der Waals surface area contributed by atoms with Gasteiger partial charge in [0.25, 0.3) is 0 Å². The van der Waals surface area contributed by atoms with E-state index >= 15 is 0 Å². The molecule has 2 atom stereocenters. The van der Waals surface area contributed by atoms with Gasteiger partial charge in [-0.2, -0.15) is 13.2 Å². The lowest BCUT2D eigenvalue weighted by molar-refractivity contribution is -0.141. The van der Waals surface area contributed by atoms with Crippen LogP contribution in [0.25, 0.3) is 0 Å². The van der Waals surface area contributed by atoms with E-state index in [1.54, 1.807) is 6.92 Å². The zero-order valence-electron chi connectivity index (χ0n) is 14.3. The number of aliphatic hydroxyl groups is 1. The van der Waals surface area contributed by atoms with Crippen molar-refractivity contribution in [1.29, 1.82) is 0 Å². The van der Waals surface area contributed by atoms with Crippen LogP contribution in [-0.4, -0.2) is 78.4 Å². The fourth-order valence-electron chi connectivity index (χ4n) is 2.35. The Bertz CT molecular complexity index is 388. The maximum Gasteiger partial charge on any atom is 0.405 e. The lowest BCUT2D eigenvalue weighted by atomic mass is 9.89. The van der Waals surface area contributed by atoms with Gasteiger partial charge in [-0.15, -0.1) is 0 Å². The van der Waals surface area contributed by atoms with Gasteiger partial charge in [-0.05, 0) is 12.3 Å². The molecule has 23 heavy (non-hydrogen) atoms. The molecule has 8 heteroatoms. The minimum atomic E-state index is -4.39. The fourth-order valence-corrected chi connectivity index (χ4v) is 2.35. The van der Waals surface area contributed by atoms with Gasteiger partial charge in [0.2, 0.25) is 5.91 Å². The molecule has 0 aliphatic carbocycles. The summed E-state index contributed by atoms with van der Waals surface area (Å²) >= 11 is 0. The molecule has 136 valence electrons. The Morgan fingerprint density at radius 3 is 2.13 bits per heavy atom. The molecule has 2 unspecified atom stereocenters. The molecule has 0 aromatic rings. The molecule has 5 nitrogen and oxygen atoms in total. The van der Waals surface area contributed by atoms with Crippen molar-refractivity contribution >= 4 is 5.91 Å². The predicted octanol–water partition coefficient (Wildman–Crippen LogP) is 1.08. The summed E-state index contributed by atoms with van der Waals surface area (Å²) in [6.45, 7) is 9.36. The van der Waals surface area contributed by atoms with Crippen molar-refractivity contribution in [2.75, 3.05) is 39.3 Å². The van der Waals surface area contributed by atoms with Crippen molar-refractivity contribution in [2.24, 2.45) is 5.41 Å². The van der Waals surface area contributed by atoms with Crippen molar-refractivity contribution in [3.63, 3.8) is 0 Å². The molecule has 0 radical (unpaired) electrons. The van der Waals surface area contributed by atoms with E-state index in [0.717, 1.165) is 0 Å². The lowest BCUT2D eigenvalue weighted by Gasteiger charge is -2.39. The highest BCUT2D eigenvalue weighted by atomic mass is 19.4. The number of piperazine rings is 1. The molecule has 1 aliphatic heterocycles. The molecule has 1 fully saturated rings. The first-order chi connectivity index (χ1) is 10.4. The molecule has 1 amide bonds. The van der Waals surface area contributed by atoms with E-state index < -0.39 is 30.8 Å². The summed E-state index contributed by atoms with van der Waals surface area (Å²) in [7, 11) is 0. The van der Waals surface area contributed by atoms with Gasteiger partial charge >= 0.3 is 6.18 Å². The highest BCUT2D eigenvalue weighted by Crippen LogP contribution is 2.20. The average Bonchev–Trinajstić information content (AvgIpc) is 2.43. The van der Waals surface area contributed by atoms with Crippen LogP contribution in [0.4, 0.5) is 13.2 Å². The Morgan fingerprint density at radius 2 is 1.70 bits per heavy atom. The molecule has 0 spiro atoms. The minimum Gasteiger partial charge on any atom is -0.391 e. The summed E-state index contributed by atoms with van der Waals surface area (Å²) in [5.74, 6) is -0.606. The zero-order valence-corrected chi connectivity index (χ0v) is 14.3. The second-order valence-corrected chi connectivity index (χ2v) is 7.23. The molecule has 1 heterocycles. The van der Waals surface area contributed by atoms with Crippen LogP contribution in [-0.2, 0) is 4.79 Å². The Labute approximate surface area is 135 Å². The topological polar surface area (TPSA) is 55.8 Å². The van der Waals surface area contributed by atoms with Crippen molar-refractivity contribution in [2.45, 2.75) is 46.0 Å². The number of halogens is 3. The third-order valence-corrected chi connectivity index (χ3v) is 4.23. The van der Waals surface area contributed by atoms with Crippen LogP contribution in [0.2, 0.25) is 0 Å². The van der Waals surface area contributed by atoms with Crippen molar-refractivity contribution in [3.05, 3.63) is 0 Å². The van der Waals surface area contributed by atoms with Gasteiger partial charge in [0, 0.05) is 32.7 Å². The van der Waals surface area contributed by atoms with Crippen LogP contribution < -0.4 is 5.32 Å². The Balaban J connectivity index is 2.39. The summed E-state index contributed by atoms with van der Waals surface area (Å²) in [6.07, 6.45) is -4.83. The number of nitrogens with one attached hydrogen (secondary N) is 1. The maximum atomic E-state index is 12.1. The predicted molar refractivity (Wildman–Crippen MR) is 82.0 cm³/mol. The summed E-state index contributed by atoms with van der Waals surface area (Å²) in [5.41, 5.74) is -0.193. The largest absolute Gasteiger partial charge is 0.405 e. The number of β-amino-alcohol motifs (C(OH)–C–C–N with tert-alkyl or cyclic N) is 1. The van der Waals surface area contributed by atoms with Crippen LogP contribution in [0.3, 0.4) is 0 Å². The number of aliphatic hydroxyl groups excluding tert-OH is 1. The normalized spacial score (nSPS) is 21.0. The quantitative estimate of drug-likeness (QED) is 0.787. The van der Waals surface area contributed by atoms with Gasteiger partial charge in [0.05, 0.1) is 12.1 Å². The molecule has 1 rings (SSSR count). The first-order valence-electron chi connectivity index (χ1n) is 7.89. The summed E-state index contributed by atoms with van der Waals surface area (Å²) in [4.78, 5) is 15.8. The summed E-state index contributed by atoms with van der Waals surface area (Å²) in [6, 6.07) is -0.591. The standard InChI is InChI=1S/C15H28F3N3O2/c1-11(13(23)19-10-15(16,17)18)21-7-5-20(6-8-21)9-12(22)14(2,3)4/h11-12,22H,5-10H2,1-4H3,(H,19,23). The van der Waals surface area contributed by atoms with E-state index in [0.29, 0.717) is 32.7 Å². The number of hydrogen-bond donors (Lipinski definition) is 2. The van der Waals surface area contributed by atoms with Gasteiger partial charge in [-0.25, -0.2) is 0 Å². The third kappa shape index (κ3) is 7.05. The molecule has 0 saturated carbocycles. The van der Waals surface area contributed by atoms with Crippen LogP contribution >= 0.6 is 0 Å². The molecule has 1 aliphatic rings. The summed E-state index contributed by atoms with van der Waals surface area (Å²) in [5, 5.41) is 12.0. The van der Waals surface area contributed by atoms with Gasteiger partial charge < -0.3 is 10.4 Å². The minimum absolute atomic E-state index is 0.193. The van der Waals surface area contributed by atoms with Crippen molar-refractivity contribution in [3.8, 4) is 0 Å². The number of alkyl halides is 3. The SMILES string of the molecule is CC(C(=O)NCC(F)(F)F)N1CCN(CC(O)C(C)(C)C)CC1. The molecular weight excluding hydrogens is 311 g/mol. The zero-order chi connectivity index (χ0) is 17.8. The van der Waals surface area contributed by atoms with Gasteiger partial charge in [0.1, 0.15) is 6.54 Å². The van der Waals surface area contributed by atoms with Gasteiger partial charge in [-0.3, -0.25) is 14.6 Å². The second-order valence-electron chi connectivity index (χ2n) is 7.23. The highest BCUT2D eigenvalue weighted by molar-refractivity contribution is 5.81.